The minimum atomic E-state index is -0.496. The van der Waals surface area contributed by atoms with Crippen LogP contribution in [0.4, 0.5) is 10.1 Å². The lowest BCUT2D eigenvalue weighted by Gasteiger charge is -2.13. The third-order valence-electron chi connectivity index (χ3n) is 4.93. The van der Waals surface area contributed by atoms with E-state index in [-0.39, 0.29) is 18.0 Å². The van der Waals surface area contributed by atoms with Crippen molar-refractivity contribution in [1.29, 1.82) is 5.26 Å². The Balaban J connectivity index is 1.81. The van der Waals surface area contributed by atoms with Gasteiger partial charge in [0, 0.05) is 11.3 Å². The molecule has 0 radical (unpaired) electrons. The van der Waals surface area contributed by atoms with Gasteiger partial charge >= 0.3 is 0 Å². The molecule has 0 aliphatic heterocycles. The maximum atomic E-state index is 13.9. The first-order chi connectivity index (χ1) is 15.9. The molecule has 1 N–H and O–H groups in total. The van der Waals surface area contributed by atoms with Crippen LogP contribution >= 0.6 is 0 Å². The first-order valence-corrected chi connectivity index (χ1v) is 10.5. The lowest BCUT2D eigenvalue weighted by atomic mass is 10.1. The Bertz CT molecular complexity index is 1230. The van der Waals surface area contributed by atoms with Gasteiger partial charge in [0.15, 0.2) is 11.5 Å². The molecule has 0 aliphatic rings. The van der Waals surface area contributed by atoms with Gasteiger partial charge in [-0.1, -0.05) is 36.4 Å². The van der Waals surface area contributed by atoms with E-state index in [0.29, 0.717) is 34.9 Å². The molecule has 0 bridgehead atoms. The van der Waals surface area contributed by atoms with Gasteiger partial charge in [-0.3, -0.25) is 4.79 Å². The molecule has 5 nitrogen and oxygen atoms in total. The molecular formula is C27H25FN2O3. The molecule has 1 amide bonds. The van der Waals surface area contributed by atoms with Crippen molar-refractivity contribution in [3.05, 3.63) is 94.3 Å². The number of benzene rings is 3. The molecule has 0 saturated carbocycles. The second-order valence-corrected chi connectivity index (χ2v) is 7.46. The Kier molecular flexibility index (Phi) is 7.82. The molecule has 3 aromatic carbocycles. The Morgan fingerprint density at radius 2 is 1.85 bits per heavy atom. The van der Waals surface area contributed by atoms with Gasteiger partial charge in [0.05, 0.1) is 6.61 Å². The maximum Gasteiger partial charge on any atom is 0.266 e. The molecule has 0 saturated heterocycles. The van der Waals surface area contributed by atoms with Crippen LogP contribution in [0.3, 0.4) is 0 Å². The van der Waals surface area contributed by atoms with E-state index in [4.69, 9.17) is 9.47 Å². The second-order valence-electron chi connectivity index (χ2n) is 7.46. The molecule has 0 atom stereocenters. The summed E-state index contributed by atoms with van der Waals surface area (Å²) < 4.78 is 25.3. The van der Waals surface area contributed by atoms with E-state index < -0.39 is 5.91 Å². The van der Waals surface area contributed by atoms with Gasteiger partial charge in [-0.15, -0.1) is 0 Å². The van der Waals surface area contributed by atoms with Crippen LogP contribution in [-0.2, 0) is 11.4 Å². The van der Waals surface area contributed by atoms with Crippen molar-refractivity contribution in [1.82, 2.24) is 0 Å². The van der Waals surface area contributed by atoms with Crippen LogP contribution < -0.4 is 14.8 Å². The van der Waals surface area contributed by atoms with E-state index >= 15 is 0 Å². The van der Waals surface area contributed by atoms with Crippen molar-refractivity contribution in [2.45, 2.75) is 27.4 Å². The Labute approximate surface area is 193 Å². The summed E-state index contributed by atoms with van der Waals surface area (Å²) in [7, 11) is 0. The number of hydrogen-bond donors (Lipinski definition) is 1. The third-order valence-corrected chi connectivity index (χ3v) is 4.93. The second kappa shape index (κ2) is 11.0. The van der Waals surface area contributed by atoms with Gasteiger partial charge in [-0.05, 0) is 67.8 Å². The molecule has 0 aromatic heterocycles. The highest BCUT2D eigenvalue weighted by atomic mass is 19.1. The SMILES string of the molecule is CCOc1cc(/C=C(\C#N)C(=O)Nc2cc(C)ccc2C)ccc1OCc1ccccc1F. The minimum Gasteiger partial charge on any atom is -0.490 e. The number of aryl methyl sites for hydroxylation is 2. The minimum absolute atomic E-state index is 0.0432. The fraction of sp³-hybridized carbons (Fsp3) is 0.185. The van der Waals surface area contributed by atoms with E-state index in [9.17, 15) is 14.4 Å². The normalized spacial score (nSPS) is 10.9. The van der Waals surface area contributed by atoms with Crippen LogP contribution in [0.5, 0.6) is 11.5 Å². The summed E-state index contributed by atoms with van der Waals surface area (Å²) in [5, 5.41) is 12.3. The van der Waals surface area contributed by atoms with Gasteiger partial charge in [0.1, 0.15) is 24.1 Å². The van der Waals surface area contributed by atoms with Gasteiger partial charge in [0.25, 0.3) is 5.91 Å². The van der Waals surface area contributed by atoms with E-state index in [2.05, 4.69) is 5.32 Å². The zero-order valence-corrected chi connectivity index (χ0v) is 18.8. The molecule has 33 heavy (non-hydrogen) atoms. The summed E-state index contributed by atoms with van der Waals surface area (Å²) in [6.45, 7) is 6.09. The van der Waals surface area contributed by atoms with E-state index in [1.54, 1.807) is 36.4 Å². The summed E-state index contributed by atoms with van der Waals surface area (Å²) in [6, 6.07) is 19.1. The average Bonchev–Trinajstić information content (AvgIpc) is 2.80. The first-order valence-electron chi connectivity index (χ1n) is 10.5. The predicted molar refractivity (Wildman–Crippen MR) is 126 cm³/mol. The van der Waals surface area contributed by atoms with Gasteiger partial charge in [0.2, 0.25) is 0 Å². The summed E-state index contributed by atoms with van der Waals surface area (Å²) in [4.78, 5) is 12.7. The van der Waals surface area contributed by atoms with E-state index in [1.165, 1.54) is 12.1 Å². The molecule has 3 aromatic rings. The molecular weight excluding hydrogens is 419 g/mol. The highest BCUT2D eigenvalue weighted by molar-refractivity contribution is 6.10. The number of nitrogens with zero attached hydrogens (tertiary/aromatic N) is 1. The zero-order chi connectivity index (χ0) is 23.8. The quantitative estimate of drug-likeness (QED) is 0.343. The lowest BCUT2D eigenvalue weighted by Crippen LogP contribution is -2.14. The number of hydrogen-bond acceptors (Lipinski definition) is 4. The van der Waals surface area contributed by atoms with Crippen LogP contribution in [0.2, 0.25) is 0 Å². The molecule has 0 spiro atoms. The number of nitriles is 1. The Morgan fingerprint density at radius 1 is 1.06 bits per heavy atom. The molecule has 0 aliphatic carbocycles. The van der Waals surface area contributed by atoms with Crippen LogP contribution in [0.15, 0.2) is 66.2 Å². The monoisotopic (exact) mass is 444 g/mol. The van der Waals surface area contributed by atoms with Crippen LogP contribution in [-0.4, -0.2) is 12.5 Å². The van der Waals surface area contributed by atoms with Gasteiger partial charge < -0.3 is 14.8 Å². The number of carbonyl (C=O) groups is 1. The average molecular weight is 445 g/mol. The van der Waals surface area contributed by atoms with Crippen LogP contribution in [0, 0.1) is 31.0 Å². The summed E-state index contributed by atoms with van der Waals surface area (Å²) >= 11 is 0. The fourth-order valence-corrected chi connectivity index (χ4v) is 3.15. The van der Waals surface area contributed by atoms with E-state index in [1.807, 2.05) is 45.0 Å². The molecule has 6 heteroatoms. The smallest absolute Gasteiger partial charge is 0.266 e. The Morgan fingerprint density at radius 3 is 2.58 bits per heavy atom. The number of nitrogens with one attached hydrogen (secondary N) is 1. The number of anilines is 1. The highest BCUT2D eigenvalue weighted by Gasteiger charge is 2.13. The number of halogens is 1. The number of amides is 1. The third kappa shape index (κ3) is 6.20. The first kappa shape index (κ1) is 23.6. The van der Waals surface area contributed by atoms with E-state index in [0.717, 1.165) is 11.1 Å². The zero-order valence-electron chi connectivity index (χ0n) is 18.8. The Hall–Kier alpha value is -4.11. The number of carbonyl (C=O) groups excluding carboxylic acids is 1. The van der Waals surface area contributed by atoms with Gasteiger partial charge in [-0.2, -0.15) is 5.26 Å². The largest absolute Gasteiger partial charge is 0.490 e. The molecule has 0 unspecified atom stereocenters. The number of rotatable bonds is 8. The van der Waals surface area contributed by atoms with Gasteiger partial charge in [-0.25, -0.2) is 4.39 Å². The van der Waals surface area contributed by atoms with Crippen LogP contribution in [0.25, 0.3) is 6.08 Å². The molecule has 168 valence electrons. The predicted octanol–water partition coefficient (Wildman–Crippen LogP) is 5.97. The van der Waals surface area contributed by atoms with Crippen molar-refractivity contribution < 1.29 is 18.7 Å². The van der Waals surface area contributed by atoms with Crippen molar-refractivity contribution >= 4 is 17.7 Å². The maximum absolute atomic E-state index is 13.9. The summed E-state index contributed by atoms with van der Waals surface area (Å²) in [6.07, 6.45) is 1.49. The molecule has 3 rings (SSSR count). The van der Waals surface area contributed by atoms with Crippen molar-refractivity contribution in [3.8, 4) is 17.6 Å². The van der Waals surface area contributed by atoms with Crippen LogP contribution in [0.1, 0.15) is 29.2 Å². The van der Waals surface area contributed by atoms with Crippen molar-refractivity contribution in [2.24, 2.45) is 0 Å². The van der Waals surface area contributed by atoms with Crippen molar-refractivity contribution in [3.63, 3.8) is 0 Å². The van der Waals surface area contributed by atoms with Crippen molar-refractivity contribution in [2.75, 3.05) is 11.9 Å². The standard InChI is InChI=1S/C27H25FN2O3/c1-4-32-26-15-20(11-12-25(26)33-17-21-7-5-6-8-23(21)28)14-22(16-29)27(31)30-24-13-18(2)9-10-19(24)3/h5-15H,4,17H2,1-3H3,(H,30,31)/b22-14+. The summed E-state index contributed by atoms with van der Waals surface area (Å²) in [5.41, 5.74) is 3.56. The summed E-state index contributed by atoms with van der Waals surface area (Å²) in [5.74, 6) is 0.0398. The lowest BCUT2D eigenvalue weighted by molar-refractivity contribution is -0.112. The molecule has 0 heterocycles. The number of ether oxygens (including phenoxy) is 2. The fourth-order valence-electron chi connectivity index (χ4n) is 3.15. The topological polar surface area (TPSA) is 71.3 Å². The molecule has 0 fully saturated rings. The highest BCUT2D eigenvalue weighted by Crippen LogP contribution is 2.30.